The van der Waals surface area contributed by atoms with Crippen molar-refractivity contribution in [3.63, 3.8) is 0 Å². The van der Waals surface area contributed by atoms with Crippen LogP contribution in [0.2, 0.25) is 0 Å². The van der Waals surface area contributed by atoms with Crippen molar-refractivity contribution >= 4 is 17.2 Å². The maximum atomic E-state index is 13.7. The summed E-state index contributed by atoms with van der Waals surface area (Å²) in [5, 5.41) is 23.4. The molecule has 3 aromatic heterocycles. The minimum Gasteiger partial charge on any atom is -0.396 e. The molecule has 0 spiro atoms. The molecule has 1 saturated carbocycles. The number of alkyl halides is 2. The van der Waals surface area contributed by atoms with E-state index in [1.54, 1.807) is 12.3 Å². The number of rotatable bonds is 6. The number of aromatic nitrogens is 5. The van der Waals surface area contributed by atoms with E-state index >= 15 is 0 Å². The van der Waals surface area contributed by atoms with Gasteiger partial charge in [-0.1, -0.05) is 0 Å². The maximum absolute atomic E-state index is 13.7. The average molecular weight is 476 g/mol. The number of aliphatic hydroxyl groups excluding tert-OH is 1. The topological polar surface area (TPSA) is 119 Å². The number of carbonyl (C=O) groups excluding carboxylic acids is 1. The van der Waals surface area contributed by atoms with E-state index in [0.717, 1.165) is 32.2 Å². The predicted molar refractivity (Wildman–Crippen MR) is 118 cm³/mol. The van der Waals surface area contributed by atoms with Crippen LogP contribution in [0.3, 0.4) is 0 Å². The van der Waals surface area contributed by atoms with Crippen LogP contribution < -0.4 is 10.6 Å². The zero-order valence-corrected chi connectivity index (χ0v) is 18.5. The summed E-state index contributed by atoms with van der Waals surface area (Å²) in [5.41, 5.74) is 0.650. The zero-order valence-electron chi connectivity index (χ0n) is 18.5. The van der Waals surface area contributed by atoms with Gasteiger partial charge in [0.2, 0.25) is 0 Å². The highest BCUT2D eigenvalue weighted by Gasteiger charge is 2.27. The second-order valence-electron chi connectivity index (χ2n) is 8.76. The molecular weight excluding hydrogens is 448 g/mol. The largest absolute Gasteiger partial charge is 0.396 e. The lowest BCUT2D eigenvalue weighted by atomic mass is 9.87. The lowest BCUT2D eigenvalue weighted by molar-refractivity contribution is 0.0251. The fraction of sp³-hybridized carbons (Fsp3) is 0.545. The molecule has 0 radical (unpaired) electrons. The third-order valence-electron chi connectivity index (χ3n) is 6.56. The van der Waals surface area contributed by atoms with Gasteiger partial charge in [-0.05, 0) is 37.7 Å². The van der Waals surface area contributed by atoms with Crippen molar-refractivity contribution in [1.29, 1.82) is 0 Å². The van der Waals surface area contributed by atoms with Crippen LogP contribution in [0.25, 0.3) is 5.65 Å². The number of hydrogen-bond acceptors (Lipinski definition) is 7. The molecule has 5 rings (SSSR count). The molecule has 10 nitrogen and oxygen atoms in total. The van der Waals surface area contributed by atoms with Gasteiger partial charge in [-0.25, -0.2) is 18.3 Å². The predicted octanol–water partition coefficient (Wildman–Crippen LogP) is 2.50. The normalized spacial score (nSPS) is 23.5. The van der Waals surface area contributed by atoms with Crippen molar-refractivity contribution in [2.45, 2.75) is 44.3 Å². The first-order valence-electron chi connectivity index (χ1n) is 11.5. The van der Waals surface area contributed by atoms with Crippen molar-refractivity contribution in [3.05, 3.63) is 41.6 Å². The fourth-order valence-corrected chi connectivity index (χ4v) is 4.61. The third-order valence-corrected chi connectivity index (χ3v) is 6.56. The highest BCUT2D eigenvalue weighted by Crippen LogP contribution is 2.34. The molecule has 34 heavy (non-hydrogen) atoms. The Balaban J connectivity index is 1.38. The number of carbonyl (C=O) groups is 1. The molecule has 182 valence electrons. The number of aliphatic hydroxyl groups is 1. The second kappa shape index (κ2) is 9.72. The van der Waals surface area contributed by atoms with Gasteiger partial charge in [-0.3, -0.25) is 9.48 Å². The maximum Gasteiger partial charge on any atom is 0.284 e. The molecule has 2 fully saturated rings. The van der Waals surface area contributed by atoms with Crippen molar-refractivity contribution < 1.29 is 23.4 Å². The Bertz CT molecular complexity index is 1150. The molecule has 0 aromatic carbocycles. The summed E-state index contributed by atoms with van der Waals surface area (Å²) >= 11 is 0. The first kappa shape index (κ1) is 22.8. The average Bonchev–Trinajstić information content (AvgIpc) is 3.49. The molecule has 1 unspecified atom stereocenters. The molecule has 4 heterocycles. The molecular formula is C22H27F2N7O3. The summed E-state index contributed by atoms with van der Waals surface area (Å²) in [5.74, 6) is -0.351. The van der Waals surface area contributed by atoms with Crippen LogP contribution in [0, 0.1) is 5.92 Å². The molecule has 3 aromatic rings. The molecule has 1 saturated heterocycles. The van der Waals surface area contributed by atoms with E-state index in [4.69, 9.17) is 4.74 Å². The Kier molecular flexibility index (Phi) is 6.53. The zero-order chi connectivity index (χ0) is 23.7. The van der Waals surface area contributed by atoms with Gasteiger partial charge in [0.1, 0.15) is 11.7 Å². The van der Waals surface area contributed by atoms with E-state index < -0.39 is 18.0 Å². The van der Waals surface area contributed by atoms with Gasteiger partial charge in [0, 0.05) is 32.1 Å². The summed E-state index contributed by atoms with van der Waals surface area (Å²) in [6.07, 6.45) is 4.54. The first-order chi connectivity index (χ1) is 16.5. The number of anilines is 1. The van der Waals surface area contributed by atoms with Crippen LogP contribution in [0.15, 0.2) is 24.7 Å². The third kappa shape index (κ3) is 4.52. The van der Waals surface area contributed by atoms with E-state index in [2.05, 4.69) is 25.8 Å². The summed E-state index contributed by atoms with van der Waals surface area (Å²) in [7, 11) is 0. The number of halogens is 2. The van der Waals surface area contributed by atoms with E-state index in [9.17, 15) is 18.7 Å². The molecule has 1 aliphatic carbocycles. The lowest BCUT2D eigenvalue weighted by Crippen LogP contribution is -2.33. The summed E-state index contributed by atoms with van der Waals surface area (Å²) in [4.78, 5) is 17.6. The standard InChI is InChI=1S/C22H27F2N7O3/c23-20(24)19-17(11-31(29-19)14-3-1-13(12-32)2-4-14)28-22(33)15-9-26-30-7-5-16(27-21(15)30)18-10-25-6-8-34-18/h5,7,9,11,13-14,18,20,25,32H,1-4,6,8,10,12H2,(H,28,33). The monoisotopic (exact) mass is 475 g/mol. The number of morpholine rings is 1. The lowest BCUT2D eigenvalue weighted by Gasteiger charge is -2.27. The van der Waals surface area contributed by atoms with Crippen LogP contribution in [0.4, 0.5) is 14.5 Å². The molecule has 2 aliphatic rings. The Morgan fingerprint density at radius 1 is 1.32 bits per heavy atom. The van der Waals surface area contributed by atoms with Crippen LogP contribution in [-0.4, -0.2) is 61.7 Å². The summed E-state index contributed by atoms with van der Waals surface area (Å²) in [6, 6.07) is 1.74. The van der Waals surface area contributed by atoms with Gasteiger partial charge in [0.25, 0.3) is 12.3 Å². The number of amides is 1. The van der Waals surface area contributed by atoms with Crippen LogP contribution >= 0.6 is 0 Å². The highest BCUT2D eigenvalue weighted by atomic mass is 19.3. The minimum atomic E-state index is -2.84. The second-order valence-corrected chi connectivity index (χ2v) is 8.76. The highest BCUT2D eigenvalue weighted by molar-refractivity contribution is 6.08. The Hall–Kier alpha value is -2.96. The van der Waals surface area contributed by atoms with Gasteiger partial charge in [0.15, 0.2) is 11.3 Å². The number of fused-ring (bicyclic) bond motifs is 1. The van der Waals surface area contributed by atoms with Crippen molar-refractivity contribution in [2.24, 2.45) is 5.92 Å². The number of nitrogens with zero attached hydrogens (tertiary/aromatic N) is 5. The van der Waals surface area contributed by atoms with Crippen molar-refractivity contribution in [3.8, 4) is 0 Å². The van der Waals surface area contributed by atoms with Gasteiger partial charge in [-0.15, -0.1) is 0 Å². The molecule has 0 bridgehead atoms. The van der Waals surface area contributed by atoms with Gasteiger partial charge < -0.3 is 20.5 Å². The Morgan fingerprint density at radius 3 is 2.85 bits per heavy atom. The Labute approximate surface area is 194 Å². The molecule has 12 heteroatoms. The Morgan fingerprint density at radius 2 is 2.15 bits per heavy atom. The summed E-state index contributed by atoms with van der Waals surface area (Å²) < 4.78 is 36.2. The molecule has 1 aliphatic heterocycles. The molecule has 1 atom stereocenters. The van der Waals surface area contributed by atoms with E-state index in [0.29, 0.717) is 24.5 Å². The number of nitrogens with one attached hydrogen (secondary N) is 2. The summed E-state index contributed by atoms with van der Waals surface area (Å²) in [6.45, 7) is 2.07. The van der Waals surface area contributed by atoms with Crippen LogP contribution in [0.1, 0.15) is 66.0 Å². The number of ether oxygens (including phenoxy) is 1. The SMILES string of the molecule is O=C(Nc1cn(C2CCC(CO)CC2)nc1C(F)F)c1cnn2ccc(C3CNCCO3)nc12. The minimum absolute atomic E-state index is 0.0281. The van der Waals surface area contributed by atoms with Crippen molar-refractivity contribution in [1.82, 2.24) is 29.7 Å². The quantitative estimate of drug-likeness (QED) is 0.501. The number of hydrogen-bond donors (Lipinski definition) is 3. The first-order valence-corrected chi connectivity index (χ1v) is 11.5. The smallest absolute Gasteiger partial charge is 0.284 e. The van der Waals surface area contributed by atoms with Gasteiger partial charge in [0.05, 0.1) is 30.2 Å². The van der Waals surface area contributed by atoms with E-state index in [-0.39, 0.29) is 35.9 Å². The fourth-order valence-electron chi connectivity index (χ4n) is 4.61. The van der Waals surface area contributed by atoms with E-state index in [1.165, 1.54) is 21.6 Å². The van der Waals surface area contributed by atoms with E-state index in [1.807, 2.05) is 0 Å². The molecule has 3 N–H and O–H groups in total. The van der Waals surface area contributed by atoms with Gasteiger partial charge >= 0.3 is 0 Å². The van der Waals surface area contributed by atoms with Gasteiger partial charge in [-0.2, -0.15) is 10.2 Å². The van der Waals surface area contributed by atoms with Crippen molar-refractivity contribution in [2.75, 3.05) is 31.6 Å². The van der Waals surface area contributed by atoms with Crippen LogP contribution in [-0.2, 0) is 4.74 Å². The van der Waals surface area contributed by atoms with Crippen LogP contribution in [0.5, 0.6) is 0 Å². The molecule has 1 amide bonds.